The standard InChI is InChI=1S/C13H22N2O3S2/c1-10(2)14-9-12-3-4-13(18-12)20(16,17)15-11-5-7-19-8-6-11/h3-4,10-11,14-15H,5-9H2,1-2H3. The molecule has 1 aliphatic rings. The summed E-state index contributed by atoms with van der Waals surface area (Å²) in [6, 6.07) is 3.60. The fourth-order valence-electron chi connectivity index (χ4n) is 2.00. The lowest BCUT2D eigenvalue weighted by Gasteiger charge is -2.21. The second kappa shape index (κ2) is 6.98. The second-order valence-corrected chi connectivity index (χ2v) is 8.13. The lowest BCUT2D eigenvalue weighted by molar-refractivity contribution is 0.390. The van der Waals surface area contributed by atoms with E-state index in [2.05, 4.69) is 10.0 Å². The molecule has 1 aromatic heterocycles. The van der Waals surface area contributed by atoms with Crippen molar-refractivity contribution in [1.82, 2.24) is 10.0 Å². The summed E-state index contributed by atoms with van der Waals surface area (Å²) < 4.78 is 32.6. The van der Waals surface area contributed by atoms with Crippen LogP contribution in [0.25, 0.3) is 0 Å². The summed E-state index contributed by atoms with van der Waals surface area (Å²) in [5.74, 6) is 2.65. The van der Waals surface area contributed by atoms with Gasteiger partial charge in [0.15, 0.2) is 0 Å². The third-order valence-electron chi connectivity index (χ3n) is 3.13. The number of thioether (sulfide) groups is 1. The highest BCUT2D eigenvalue weighted by atomic mass is 32.2. The highest BCUT2D eigenvalue weighted by Gasteiger charge is 2.24. The van der Waals surface area contributed by atoms with Gasteiger partial charge in [-0.2, -0.15) is 11.8 Å². The maximum atomic E-state index is 12.2. The normalized spacial score (nSPS) is 17.8. The molecule has 0 unspecified atom stereocenters. The van der Waals surface area contributed by atoms with Gasteiger partial charge in [-0.3, -0.25) is 0 Å². The first kappa shape index (κ1) is 15.9. The first-order valence-corrected chi connectivity index (χ1v) is 9.53. The Balaban J connectivity index is 1.98. The van der Waals surface area contributed by atoms with Crippen LogP contribution < -0.4 is 10.0 Å². The number of sulfonamides is 1. The van der Waals surface area contributed by atoms with Gasteiger partial charge in [0.05, 0.1) is 6.54 Å². The zero-order valence-electron chi connectivity index (χ0n) is 11.9. The number of hydrogen-bond donors (Lipinski definition) is 2. The van der Waals surface area contributed by atoms with Crippen LogP contribution in [0.2, 0.25) is 0 Å². The molecule has 0 spiro atoms. The van der Waals surface area contributed by atoms with Gasteiger partial charge in [-0.25, -0.2) is 13.1 Å². The molecule has 0 atom stereocenters. The number of hydrogen-bond acceptors (Lipinski definition) is 5. The summed E-state index contributed by atoms with van der Waals surface area (Å²) in [4.78, 5) is 0. The van der Waals surface area contributed by atoms with Gasteiger partial charge in [-0.15, -0.1) is 0 Å². The maximum absolute atomic E-state index is 12.2. The van der Waals surface area contributed by atoms with Gasteiger partial charge in [0.2, 0.25) is 5.09 Å². The molecule has 20 heavy (non-hydrogen) atoms. The Morgan fingerprint density at radius 1 is 1.35 bits per heavy atom. The summed E-state index contributed by atoms with van der Waals surface area (Å²) in [5.41, 5.74) is 0. The molecule has 114 valence electrons. The van der Waals surface area contributed by atoms with Crippen LogP contribution in [-0.2, 0) is 16.6 Å². The summed E-state index contributed by atoms with van der Waals surface area (Å²) in [6.45, 7) is 4.60. The van der Waals surface area contributed by atoms with Crippen molar-refractivity contribution in [3.63, 3.8) is 0 Å². The molecule has 2 heterocycles. The maximum Gasteiger partial charge on any atom is 0.274 e. The summed E-state index contributed by atoms with van der Waals surface area (Å²) in [6.07, 6.45) is 1.76. The van der Waals surface area contributed by atoms with Crippen molar-refractivity contribution in [3.8, 4) is 0 Å². The second-order valence-electron chi connectivity index (χ2n) is 5.26. The van der Waals surface area contributed by atoms with E-state index in [1.54, 1.807) is 6.07 Å². The molecular formula is C13H22N2O3S2. The van der Waals surface area contributed by atoms with E-state index in [0.29, 0.717) is 18.3 Å². The molecule has 1 aliphatic heterocycles. The van der Waals surface area contributed by atoms with Crippen molar-refractivity contribution >= 4 is 21.8 Å². The molecule has 0 bridgehead atoms. The Hall–Kier alpha value is -0.500. The molecular weight excluding hydrogens is 296 g/mol. The average Bonchev–Trinajstić information content (AvgIpc) is 2.86. The smallest absolute Gasteiger partial charge is 0.274 e. The Kier molecular flexibility index (Phi) is 5.54. The van der Waals surface area contributed by atoms with Crippen LogP contribution in [0.1, 0.15) is 32.4 Å². The van der Waals surface area contributed by atoms with Crippen LogP contribution in [0.3, 0.4) is 0 Å². The highest BCUT2D eigenvalue weighted by molar-refractivity contribution is 7.99. The van der Waals surface area contributed by atoms with Crippen LogP contribution in [0, 0.1) is 0 Å². The predicted molar refractivity (Wildman–Crippen MR) is 81.4 cm³/mol. The van der Waals surface area contributed by atoms with E-state index in [1.165, 1.54) is 6.07 Å². The number of furan rings is 1. The van der Waals surface area contributed by atoms with Gasteiger partial charge >= 0.3 is 0 Å². The average molecular weight is 318 g/mol. The van der Waals surface area contributed by atoms with E-state index >= 15 is 0 Å². The number of nitrogens with one attached hydrogen (secondary N) is 2. The Morgan fingerprint density at radius 3 is 2.70 bits per heavy atom. The number of rotatable bonds is 6. The third kappa shape index (κ3) is 4.51. The van der Waals surface area contributed by atoms with Gasteiger partial charge < -0.3 is 9.73 Å². The van der Waals surface area contributed by atoms with Crippen LogP contribution in [-0.4, -0.2) is 32.0 Å². The van der Waals surface area contributed by atoms with Crippen LogP contribution in [0.4, 0.5) is 0 Å². The lowest BCUT2D eigenvalue weighted by Crippen LogP contribution is -2.37. The zero-order chi connectivity index (χ0) is 14.6. The van der Waals surface area contributed by atoms with Crippen molar-refractivity contribution in [3.05, 3.63) is 17.9 Å². The summed E-state index contributed by atoms with van der Waals surface area (Å²) in [7, 11) is -3.53. The topological polar surface area (TPSA) is 71.3 Å². The lowest BCUT2D eigenvalue weighted by atomic mass is 10.2. The molecule has 1 aromatic rings. The molecule has 1 fully saturated rings. The van der Waals surface area contributed by atoms with Crippen LogP contribution >= 0.6 is 11.8 Å². The molecule has 0 saturated carbocycles. The SMILES string of the molecule is CC(C)NCc1ccc(S(=O)(=O)NC2CCSCC2)o1. The van der Waals surface area contributed by atoms with E-state index in [1.807, 2.05) is 25.6 Å². The molecule has 2 N–H and O–H groups in total. The van der Waals surface area contributed by atoms with Crippen LogP contribution in [0.15, 0.2) is 21.6 Å². The fourth-order valence-corrected chi connectivity index (χ4v) is 4.36. The van der Waals surface area contributed by atoms with E-state index < -0.39 is 10.0 Å². The highest BCUT2D eigenvalue weighted by Crippen LogP contribution is 2.20. The molecule has 0 aliphatic carbocycles. The van der Waals surface area contributed by atoms with Gasteiger partial charge in [-0.05, 0) is 36.5 Å². The third-order valence-corrected chi connectivity index (χ3v) is 5.57. The van der Waals surface area contributed by atoms with Crippen molar-refractivity contribution in [2.75, 3.05) is 11.5 Å². The largest absolute Gasteiger partial charge is 0.447 e. The molecule has 5 nitrogen and oxygen atoms in total. The van der Waals surface area contributed by atoms with E-state index in [-0.39, 0.29) is 11.1 Å². The quantitative estimate of drug-likeness (QED) is 0.839. The molecule has 1 saturated heterocycles. The Morgan fingerprint density at radius 2 is 2.05 bits per heavy atom. The molecule has 7 heteroatoms. The van der Waals surface area contributed by atoms with Gasteiger partial charge in [0.25, 0.3) is 10.0 Å². The van der Waals surface area contributed by atoms with Crippen LogP contribution in [0.5, 0.6) is 0 Å². The van der Waals surface area contributed by atoms with E-state index in [9.17, 15) is 8.42 Å². The van der Waals surface area contributed by atoms with Crippen molar-refractivity contribution in [1.29, 1.82) is 0 Å². The van der Waals surface area contributed by atoms with Gasteiger partial charge in [0.1, 0.15) is 5.76 Å². The monoisotopic (exact) mass is 318 g/mol. The van der Waals surface area contributed by atoms with E-state index in [0.717, 1.165) is 24.3 Å². The fraction of sp³-hybridized carbons (Fsp3) is 0.692. The van der Waals surface area contributed by atoms with Crippen molar-refractivity contribution < 1.29 is 12.8 Å². The predicted octanol–water partition coefficient (Wildman–Crippen LogP) is 1.95. The minimum atomic E-state index is -3.53. The first-order chi connectivity index (χ1) is 9.47. The molecule has 0 radical (unpaired) electrons. The van der Waals surface area contributed by atoms with Gasteiger partial charge in [-0.1, -0.05) is 13.8 Å². The summed E-state index contributed by atoms with van der Waals surface area (Å²) in [5, 5.41) is 3.21. The summed E-state index contributed by atoms with van der Waals surface area (Å²) >= 11 is 1.87. The Labute approximate surface area is 124 Å². The minimum Gasteiger partial charge on any atom is -0.447 e. The van der Waals surface area contributed by atoms with Gasteiger partial charge in [0, 0.05) is 12.1 Å². The molecule has 2 rings (SSSR count). The van der Waals surface area contributed by atoms with E-state index in [4.69, 9.17) is 4.42 Å². The molecule has 0 aromatic carbocycles. The zero-order valence-corrected chi connectivity index (χ0v) is 13.5. The van der Waals surface area contributed by atoms with Crippen molar-refractivity contribution in [2.45, 2.75) is 50.4 Å². The minimum absolute atomic E-state index is 0.0104. The van der Waals surface area contributed by atoms with Crippen molar-refractivity contribution in [2.24, 2.45) is 0 Å². The Bertz CT molecular complexity index is 519. The first-order valence-electron chi connectivity index (χ1n) is 6.89. The molecule has 0 amide bonds.